The lowest BCUT2D eigenvalue weighted by Crippen LogP contribution is -2.27. The molecule has 1 fully saturated rings. The van der Waals surface area contributed by atoms with Crippen molar-refractivity contribution in [3.63, 3.8) is 0 Å². The smallest absolute Gasteiger partial charge is 0.323 e. The summed E-state index contributed by atoms with van der Waals surface area (Å²) >= 11 is 8.86. The van der Waals surface area contributed by atoms with E-state index in [0.29, 0.717) is 4.80 Å². The van der Waals surface area contributed by atoms with Crippen molar-refractivity contribution in [2.45, 2.75) is 12.8 Å². The summed E-state index contributed by atoms with van der Waals surface area (Å²) in [7, 11) is 0. The minimum Gasteiger partial charge on any atom is -0.323 e. The molecular formula is C12H12ClN3OS2. The van der Waals surface area contributed by atoms with Crippen LogP contribution in [0.15, 0.2) is 28.7 Å². The molecule has 0 saturated carbocycles. The standard InChI is InChI=1S/C12H12ClN3OS2/c13-9-3-4-10(19-9)16-7-8-18-12(16)14-11(17)15-5-1-2-6-15/h3-4,7-8H,1-2,5-6H2/b14-12-. The average molecular weight is 314 g/mol. The van der Waals surface area contributed by atoms with Gasteiger partial charge in [0.25, 0.3) is 0 Å². The highest BCUT2D eigenvalue weighted by Crippen LogP contribution is 2.24. The first-order chi connectivity index (χ1) is 9.24. The van der Waals surface area contributed by atoms with Gasteiger partial charge >= 0.3 is 6.03 Å². The van der Waals surface area contributed by atoms with Crippen molar-refractivity contribution in [1.29, 1.82) is 0 Å². The fraction of sp³-hybridized carbons (Fsp3) is 0.333. The van der Waals surface area contributed by atoms with Gasteiger partial charge in [-0.15, -0.1) is 22.7 Å². The van der Waals surface area contributed by atoms with Crippen LogP contribution in [0.5, 0.6) is 0 Å². The second-order valence-corrected chi connectivity index (χ2v) is 6.79. The highest BCUT2D eigenvalue weighted by molar-refractivity contribution is 7.18. The first-order valence-corrected chi connectivity index (χ1v) is 8.07. The molecule has 1 aliphatic rings. The quantitative estimate of drug-likeness (QED) is 0.795. The third kappa shape index (κ3) is 2.75. The van der Waals surface area contributed by atoms with E-state index in [1.54, 1.807) is 4.90 Å². The largest absolute Gasteiger partial charge is 0.346 e. The number of thiazole rings is 1. The van der Waals surface area contributed by atoms with Crippen LogP contribution in [0.3, 0.4) is 0 Å². The number of halogens is 1. The van der Waals surface area contributed by atoms with Crippen LogP contribution in [-0.4, -0.2) is 28.6 Å². The van der Waals surface area contributed by atoms with Crippen molar-refractivity contribution >= 4 is 40.3 Å². The molecule has 19 heavy (non-hydrogen) atoms. The monoisotopic (exact) mass is 313 g/mol. The zero-order valence-corrected chi connectivity index (χ0v) is 12.5. The number of nitrogens with zero attached hydrogens (tertiary/aromatic N) is 3. The van der Waals surface area contributed by atoms with E-state index in [4.69, 9.17) is 11.6 Å². The molecular weight excluding hydrogens is 302 g/mol. The molecule has 1 aliphatic heterocycles. The van der Waals surface area contributed by atoms with Crippen LogP contribution in [-0.2, 0) is 0 Å². The maximum absolute atomic E-state index is 12.0. The Bertz CT molecular complexity index is 652. The summed E-state index contributed by atoms with van der Waals surface area (Å²) in [5, 5.41) is 2.89. The van der Waals surface area contributed by atoms with Gasteiger partial charge in [-0.25, -0.2) is 4.79 Å². The van der Waals surface area contributed by atoms with Crippen LogP contribution < -0.4 is 4.80 Å². The van der Waals surface area contributed by atoms with E-state index < -0.39 is 0 Å². The SMILES string of the molecule is O=C(/N=c1\sccn1-c1ccc(Cl)s1)N1CCCC1. The van der Waals surface area contributed by atoms with E-state index in [9.17, 15) is 4.79 Å². The molecule has 4 nitrogen and oxygen atoms in total. The molecule has 0 bridgehead atoms. The minimum absolute atomic E-state index is 0.142. The minimum atomic E-state index is -0.142. The molecule has 100 valence electrons. The Labute approximate surface area is 123 Å². The molecule has 0 N–H and O–H groups in total. The van der Waals surface area contributed by atoms with Crippen LogP contribution in [0.1, 0.15) is 12.8 Å². The lowest BCUT2D eigenvalue weighted by Gasteiger charge is -2.10. The summed E-state index contributed by atoms with van der Waals surface area (Å²) in [5.74, 6) is 0. The molecule has 3 heterocycles. The van der Waals surface area contributed by atoms with Crippen molar-refractivity contribution < 1.29 is 4.79 Å². The Hall–Kier alpha value is -1.11. The Balaban J connectivity index is 1.93. The molecule has 0 spiro atoms. The number of urea groups is 1. The van der Waals surface area contributed by atoms with Gasteiger partial charge in [0.05, 0.1) is 4.34 Å². The fourth-order valence-corrected chi connectivity index (χ4v) is 3.80. The number of thiophene rings is 1. The predicted molar refractivity (Wildman–Crippen MR) is 78.3 cm³/mol. The van der Waals surface area contributed by atoms with Crippen LogP contribution in [0.4, 0.5) is 4.79 Å². The van der Waals surface area contributed by atoms with Gasteiger partial charge < -0.3 is 4.90 Å². The number of rotatable bonds is 1. The van der Waals surface area contributed by atoms with Crippen LogP contribution in [0, 0.1) is 0 Å². The van der Waals surface area contributed by atoms with E-state index in [1.165, 1.54) is 22.7 Å². The highest BCUT2D eigenvalue weighted by atomic mass is 35.5. The van der Waals surface area contributed by atoms with Gasteiger partial charge in [-0.3, -0.25) is 4.57 Å². The summed E-state index contributed by atoms with van der Waals surface area (Å²) in [4.78, 5) is 18.7. The molecule has 1 saturated heterocycles. The Morgan fingerprint density at radius 3 is 2.79 bits per heavy atom. The van der Waals surface area contributed by atoms with Crippen LogP contribution in [0.25, 0.3) is 5.00 Å². The van der Waals surface area contributed by atoms with E-state index in [1.807, 2.05) is 28.3 Å². The Kier molecular flexibility index (Phi) is 3.72. The maximum atomic E-state index is 12.0. The molecule has 0 atom stereocenters. The lowest BCUT2D eigenvalue weighted by atomic mass is 10.4. The number of aromatic nitrogens is 1. The van der Waals surface area contributed by atoms with Gasteiger partial charge in [0.1, 0.15) is 5.00 Å². The molecule has 0 aromatic carbocycles. The van der Waals surface area contributed by atoms with E-state index >= 15 is 0 Å². The zero-order valence-electron chi connectivity index (χ0n) is 10.1. The summed E-state index contributed by atoms with van der Waals surface area (Å²) in [6.45, 7) is 1.64. The molecule has 2 aromatic rings. The fourth-order valence-electron chi connectivity index (χ4n) is 2.02. The van der Waals surface area contributed by atoms with Crippen molar-refractivity contribution in [2.24, 2.45) is 4.99 Å². The van der Waals surface area contributed by atoms with E-state index in [2.05, 4.69) is 4.99 Å². The lowest BCUT2D eigenvalue weighted by molar-refractivity contribution is 0.218. The number of likely N-dealkylation sites (tertiary alicyclic amines) is 1. The van der Waals surface area contributed by atoms with E-state index in [-0.39, 0.29) is 6.03 Å². The van der Waals surface area contributed by atoms with Crippen LogP contribution in [0.2, 0.25) is 4.34 Å². The van der Waals surface area contributed by atoms with Gasteiger partial charge in [-0.05, 0) is 25.0 Å². The number of carbonyl (C=O) groups is 1. The highest BCUT2D eigenvalue weighted by Gasteiger charge is 2.17. The first-order valence-electron chi connectivity index (χ1n) is 5.99. The second-order valence-electron chi connectivity index (χ2n) is 4.22. The van der Waals surface area contributed by atoms with Gasteiger partial charge in [0.15, 0.2) is 4.80 Å². The summed E-state index contributed by atoms with van der Waals surface area (Å²) in [6, 6.07) is 3.63. The number of hydrogen-bond acceptors (Lipinski definition) is 3. The van der Waals surface area contributed by atoms with E-state index in [0.717, 1.165) is 35.3 Å². The molecule has 0 aliphatic carbocycles. The molecule has 2 amide bonds. The predicted octanol–water partition coefficient (Wildman–Crippen LogP) is 3.37. The molecule has 0 radical (unpaired) electrons. The van der Waals surface area contributed by atoms with Crippen molar-refractivity contribution in [2.75, 3.05) is 13.1 Å². The molecule has 2 aromatic heterocycles. The number of hydrogen-bond donors (Lipinski definition) is 0. The van der Waals surface area contributed by atoms with Crippen molar-refractivity contribution in [3.05, 3.63) is 32.8 Å². The van der Waals surface area contributed by atoms with Gasteiger partial charge in [0, 0.05) is 24.7 Å². The summed E-state index contributed by atoms with van der Waals surface area (Å²) < 4.78 is 2.63. The second kappa shape index (κ2) is 5.48. The summed E-state index contributed by atoms with van der Waals surface area (Å²) in [6.07, 6.45) is 4.06. The average Bonchev–Trinajstić information content (AvgIpc) is 3.08. The number of carbonyl (C=O) groups excluding carboxylic acids is 1. The van der Waals surface area contributed by atoms with Crippen LogP contribution >= 0.6 is 34.3 Å². The third-order valence-electron chi connectivity index (χ3n) is 2.95. The molecule has 3 rings (SSSR count). The zero-order chi connectivity index (χ0) is 13.2. The topological polar surface area (TPSA) is 37.6 Å². The molecule has 0 unspecified atom stereocenters. The van der Waals surface area contributed by atoms with Gasteiger partial charge in [-0.2, -0.15) is 4.99 Å². The van der Waals surface area contributed by atoms with Gasteiger partial charge in [-0.1, -0.05) is 11.6 Å². The van der Waals surface area contributed by atoms with Crippen molar-refractivity contribution in [3.8, 4) is 5.00 Å². The Morgan fingerprint density at radius 2 is 2.11 bits per heavy atom. The third-order valence-corrected chi connectivity index (χ3v) is 4.94. The number of amides is 2. The first kappa shape index (κ1) is 12.9. The van der Waals surface area contributed by atoms with Gasteiger partial charge in [0.2, 0.25) is 0 Å². The normalized spacial score (nSPS) is 16.3. The van der Waals surface area contributed by atoms with Crippen molar-refractivity contribution in [1.82, 2.24) is 9.47 Å². The molecule has 7 heteroatoms. The maximum Gasteiger partial charge on any atom is 0.346 e. The summed E-state index contributed by atoms with van der Waals surface area (Å²) in [5.41, 5.74) is 0. The Morgan fingerprint density at radius 1 is 1.32 bits per heavy atom.